The summed E-state index contributed by atoms with van der Waals surface area (Å²) in [7, 11) is 0. The smallest absolute Gasteiger partial charge is 0.114 e. The molecule has 0 amide bonds. The van der Waals surface area contributed by atoms with E-state index in [4.69, 9.17) is 4.42 Å². The van der Waals surface area contributed by atoms with E-state index in [2.05, 4.69) is 53.1 Å². The van der Waals surface area contributed by atoms with E-state index in [0.717, 1.165) is 5.69 Å². The van der Waals surface area contributed by atoms with Crippen LogP contribution < -0.4 is 0 Å². The second kappa shape index (κ2) is 3.50. The standard InChI is InChI=1S/C16H11NO/c1-3-7-15-13(5-1)14-6-2-4-8-16(14)17(15)12-9-10-18-11-12/h1-11H. The van der Waals surface area contributed by atoms with Crippen LogP contribution in [0.15, 0.2) is 71.5 Å². The molecule has 0 radical (unpaired) electrons. The summed E-state index contributed by atoms with van der Waals surface area (Å²) >= 11 is 0. The van der Waals surface area contributed by atoms with Crippen molar-refractivity contribution in [3.63, 3.8) is 0 Å². The van der Waals surface area contributed by atoms with Gasteiger partial charge < -0.3 is 8.98 Å². The Bertz CT molecular complexity index is 771. The van der Waals surface area contributed by atoms with Gasteiger partial charge in [-0.25, -0.2) is 0 Å². The molecule has 4 rings (SSSR count). The fourth-order valence-corrected chi connectivity index (χ4v) is 2.59. The van der Waals surface area contributed by atoms with Gasteiger partial charge in [-0.1, -0.05) is 36.4 Å². The maximum Gasteiger partial charge on any atom is 0.114 e. The topological polar surface area (TPSA) is 18.1 Å². The number of rotatable bonds is 1. The Morgan fingerprint density at radius 2 is 1.33 bits per heavy atom. The molecule has 2 nitrogen and oxygen atoms in total. The highest BCUT2D eigenvalue weighted by Gasteiger charge is 2.11. The number of hydrogen-bond acceptors (Lipinski definition) is 1. The Kier molecular flexibility index (Phi) is 1.86. The predicted octanol–water partition coefficient (Wildman–Crippen LogP) is 4.38. The van der Waals surface area contributed by atoms with Crippen molar-refractivity contribution in [2.75, 3.05) is 0 Å². The first-order chi connectivity index (χ1) is 8.95. The van der Waals surface area contributed by atoms with Gasteiger partial charge >= 0.3 is 0 Å². The molecule has 86 valence electrons. The van der Waals surface area contributed by atoms with Crippen LogP contribution in [0.1, 0.15) is 0 Å². The van der Waals surface area contributed by atoms with Gasteiger partial charge in [0.25, 0.3) is 0 Å². The van der Waals surface area contributed by atoms with Crippen LogP contribution in [-0.2, 0) is 0 Å². The Morgan fingerprint density at radius 1 is 0.722 bits per heavy atom. The average Bonchev–Trinajstić information content (AvgIpc) is 3.03. The largest absolute Gasteiger partial charge is 0.470 e. The van der Waals surface area contributed by atoms with Gasteiger partial charge in [-0.05, 0) is 12.1 Å². The monoisotopic (exact) mass is 233 g/mol. The summed E-state index contributed by atoms with van der Waals surface area (Å²) in [5.41, 5.74) is 3.48. The predicted molar refractivity (Wildman–Crippen MR) is 73.0 cm³/mol. The van der Waals surface area contributed by atoms with Gasteiger partial charge in [0.15, 0.2) is 0 Å². The molecule has 2 aromatic heterocycles. The number of fused-ring (bicyclic) bond motifs is 3. The molecule has 0 atom stereocenters. The van der Waals surface area contributed by atoms with Crippen molar-refractivity contribution in [3.05, 3.63) is 67.1 Å². The fraction of sp³-hybridized carbons (Fsp3) is 0. The number of furan rings is 1. The first kappa shape index (κ1) is 9.54. The molecule has 0 aliphatic rings. The zero-order valence-corrected chi connectivity index (χ0v) is 9.71. The van der Waals surface area contributed by atoms with Crippen LogP contribution in [0.5, 0.6) is 0 Å². The lowest BCUT2D eigenvalue weighted by atomic mass is 10.2. The van der Waals surface area contributed by atoms with Gasteiger partial charge in [0.2, 0.25) is 0 Å². The van der Waals surface area contributed by atoms with Crippen molar-refractivity contribution in [2.24, 2.45) is 0 Å². The molecule has 0 unspecified atom stereocenters. The molecule has 0 aliphatic carbocycles. The van der Waals surface area contributed by atoms with E-state index in [-0.39, 0.29) is 0 Å². The average molecular weight is 233 g/mol. The van der Waals surface area contributed by atoms with E-state index in [1.165, 1.54) is 21.8 Å². The second-order valence-corrected chi connectivity index (χ2v) is 4.35. The second-order valence-electron chi connectivity index (χ2n) is 4.35. The number of hydrogen-bond donors (Lipinski definition) is 0. The molecule has 0 bridgehead atoms. The van der Waals surface area contributed by atoms with Gasteiger partial charge in [0.05, 0.1) is 23.0 Å². The van der Waals surface area contributed by atoms with Gasteiger partial charge in [0, 0.05) is 16.8 Å². The summed E-state index contributed by atoms with van der Waals surface area (Å²) in [6.45, 7) is 0. The third-order valence-corrected chi connectivity index (χ3v) is 3.34. The van der Waals surface area contributed by atoms with Crippen LogP contribution in [0.25, 0.3) is 27.5 Å². The summed E-state index contributed by atoms with van der Waals surface area (Å²) in [4.78, 5) is 0. The van der Waals surface area contributed by atoms with Crippen molar-refractivity contribution in [2.45, 2.75) is 0 Å². The van der Waals surface area contributed by atoms with Gasteiger partial charge in [-0.15, -0.1) is 0 Å². The number of para-hydroxylation sites is 2. The van der Waals surface area contributed by atoms with Crippen molar-refractivity contribution < 1.29 is 4.42 Å². The number of nitrogens with zero attached hydrogens (tertiary/aromatic N) is 1. The number of benzene rings is 2. The molecule has 0 N–H and O–H groups in total. The molecule has 2 aromatic carbocycles. The summed E-state index contributed by atoms with van der Waals surface area (Å²) in [5, 5.41) is 2.55. The van der Waals surface area contributed by atoms with Crippen molar-refractivity contribution >= 4 is 21.8 Å². The lowest BCUT2D eigenvalue weighted by Gasteiger charge is -2.02. The first-order valence-corrected chi connectivity index (χ1v) is 5.96. The molecule has 0 fully saturated rings. The highest BCUT2D eigenvalue weighted by atomic mass is 16.3. The fourth-order valence-electron chi connectivity index (χ4n) is 2.59. The highest BCUT2D eigenvalue weighted by Crippen LogP contribution is 2.31. The molecule has 0 aliphatic heterocycles. The molecular weight excluding hydrogens is 222 g/mol. The minimum atomic E-state index is 1.06. The van der Waals surface area contributed by atoms with Crippen LogP contribution in [0.3, 0.4) is 0 Å². The Balaban J connectivity index is 2.28. The molecule has 2 heterocycles. The van der Waals surface area contributed by atoms with Crippen molar-refractivity contribution in [1.29, 1.82) is 0 Å². The van der Waals surface area contributed by atoms with Crippen LogP contribution >= 0.6 is 0 Å². The Hall–Kier alpha value is -2.48. The maximum absolute atomic E-state index is 5.22. The molecule has 0 spiro atoms. The normalized spacial score (nSPS) is 11.3. The Labute approximate surface area is 104 Å². The van der Waals surface area contributed by atoms with Gasteiger partial charge in [-0.2, -0.15) is 0 Å². The molecule has 0 saturated heterocycles. The summed E-state index contributed by atoms with van der Waals surface area (Å²) in [5.74, 6) is 0. The highest BCUT2D eigenvalue weighted by molar-refractivity contribution is 6.09. The third-order valence-electron chi connectivity index (χ3n) is 3.34. The van der Waals surface area contributed by atoms with E-state index in [0.29, 0.717) is 0 Å². The van der Waals surface area contributed by atoms with Gasteiger partial charge in [-0.3, -0.25) is 0 Å². The molecule has 18 heavy (non-hydrogen) atoms. The van der Waals surface area contributed by atoms with E-state index >= 15 is 0 Å². The van der Waals surface area contributed by atoms with Crippen LogP contribution in [0, 0.1) is 0 Å². The zero-order valence-electron chi connectivity index (χ0n) is 9.71. The third kappa shape index (κ3) is 1.17. The van der Waals surface area contributed by atoms with Crippen LogP contribution in [0.4, 0.5) is 0 Å². The zero-order chi connectivity index (χ0) is 11.9. The van der Waals surface area contributed by atoms with Crippen LogP contribution in [-0.4, -0.2) is 4.57 Å². The summed E-state index contributed by atoms with van der Waals surface area (Å²) in [6.07, 6.45) is 3.48. The molecule has 0 saturated carbocycles. The van der Waals surface area contributed by atoms with Crippen molar-refractivity contribution in [3.8, 4) is 5.69 Å². The Morgan fingerprint density at radius 3 is 1.89 bits per heavy atom. The van der Waals surface area contributed by atoms with Crippen LogP contribution in [0.2, 0.25) is 0 Å². The number of aromatic nitrogens is 1. The minimum absolute atomic E-state index is 1.06. The minimum Gasteiger partial charge on any atom is -0.470 e. The maximum atomic E-state index is 5.22. The lowest BCUT2D eigenvalue weighted by Crippen LogP contribution is -1.90. The summed E-state index contributed by atoms with van der Waals surface area (Å²) < 4.78 is 7.45. The van der Waals surface area contributed by atoms with Crippen molar-refractivity contribution in [1.82, 2.24) is 4.57 Å². The molecule has 2 heteroatoms. The quantitative estimate of drug-likeness (QED) is 0.477. The van der Waals surface area contributed by atoms with Gasteiger partial charge in [0.1, 0.15) is 6.26 Å². The SMILES string of the molecule is c1ccc2c(c1)c1ccccc1n2-c1ccoc1. The molecule has 4 aromatic rings. The first-order valence-electron chi connectivity index (χ1n) is 5.96. The molecular formula is C16H11NO. The summed E-state index contributed by atoms with van der Waals surface area (Å²) in [6, 6.07) is 18.9. The van der Waals surface area contributed by atoms with E-state index in [1.807, 2.05) is 6.07 Å². The lowest BCUT2D eigenvalue weighted by molar-refractivity contribution is 0.566. The van der Waals surface area contributed by atoms with E-state index in [1.54, 1.807) is 12.5 Å². The van der Waals surface area contributed by atoms with E-state index in [9.17, 15) is 0 Å². The van der Waals surface area contributed by atoms with E-state index < -0.39 is 0 Å².